The molecule has 1 fully saturated rings. The molecular formula is C9H17NO3S. The third kappa shape index (κ3) is 3.15. The Labute approximate surface area is 87.9 Å². The zero-order valence-electron chi connectivity index (χ0n) is 8.69. The van der Waals surface area contributed by atoms with E-state index in [1.807, 2.05) is 11.2 Å². The summed E-state index contributed by atoms with van der Waals surface area (Å²) in [5.41, 5.74) is 0. The van der Waals surface area contributed by atoms with Gasteiger partial charge in [0.1, 0.15) is 6.61 Å². The molecule has 0 N–H and O–H groups in total. The molecule has 0 aromatic heterocycles. The normalized spacial score (nSPS) is 21.1. The fourth-order valence-electron chi connectivity index (χ4n) is 1.09. The molecule has 0 spiro atoms. The van der Waals surface area contributed by atoms with Crippen LogP contribution in [0.15, 0.2) is 0 Å². The van der Waals surface area contributed by atoms with Gasteiger partial charge in [-0.1, -0.05) is 6.92 Å². The summed E-state index contributed by atoms with van der Waals surface area (Å²) in [6.07, 6.45) is 1.50. The molecule has 0 radical (unpaired) electrons. The molecule has 1 saturated heterocycles. The predicted molar refractivity (Wildman–Crippen MR) is 55.0 cm³/mol. The van der Waals surface area contributed by atoms with Crippen LogP contribution in [0.4, 0.5) is 0 Å². The highest BCUT2D eigenvalue weighted by Gasteiger charge is 2.31. The van der Waals surface area contributed by atoms with Gasteiger partial charge in [-0.2, -0.15) is 0 Å². The number of ether oxygens (including phenoxy) is 1. The topological polar surface area (TPSA) is 52.6 Å². The van der Waals surface area contributed by atoms with Crippen LogP contribution >= 0.6 is 0 Å². The maximum Gasteiger partial charge on any atom is 0.305 e. The maximum atomic E-state index is 11.7. The Bertz CT molecular complexity index is 196. The lowest BCUT2D eigenvalue weighted by molar-refractivity contribution is -0.143. The molecule has 14 heavy (non-hydrogen) atoms. The number of hydrogen-bond acceptors (Lipinski definition) is 4. The van der Waals surface area contributed by atoms with Gasteiger partial charge in [-0.25, -0.2) is 0 Å². The maximum absolute atomic E-state index is 11.7. The predicted octanol–water partition coefficient (Wildman–Crippen LogP) is 0.698. The molecule has 1 aliphatic heterocycles. The minimum atomic E-state index is -0.985. The van der Waals surface area contributed by atoms with Crippen LogP contribution in [0.3, 0.4) is 0 Å². The molecule has 82 valence electrons. The van der Waals surface area contributed by atoms with E-state index in [-0.39, 0.29) is 17.8 Å². The summed E-state index contributed by atoms with van der Waals surface area (Å²) in [5, 5.41) is -0.0919. The summed E-state index contributed by atoms with van der Waals surface area (Å²) in [6, 6.07) is 0. The van der Waals surface area contributed by atoms with Crippen LogP contribution in [0.5, 0.6) is 0 Å². The molecule has 5 heteroatoms. The molecule has 0 aliphatic carbocycles. The number of hydrogen-bond donors (Lipinski definition) is 0. The highest BCUT2D eigenvalue weighted by Crippen LogP contribution is 2.17. The number of esters is 1. The van der Waals surface area contributed by atoms with E-state index in [1.54, 1.807) is 6.92 Å². The molecule has 1 heterocycles. The van der Waals surface area contributed by atoms with Crippen LogP contribution in [-0.2, 0) is 20.9 Å². The minimum absolute atomic E-state index is 0.0919. The average molecular weight is 219 g/mol. The molecule has 2 unspecified atom stereocenters. The second-order valence-electron chi connectivity index (χ2n) is 3.41. The highest BCUT2D eigenvalue weighted by molar-refractivity contribution is 7.89. The van der Waals surface area contributed by atoms with E-state index in [2.05, 4.69) is 0 Å². The average Bonchev–Trinajstić information content (AvgIpc) is 2.10. The van der Waals surface area contributed by atoms with E-state index in [0.29, 0.717) is 6.42 Å². The first-order chi connectivity index (χ1) is 6.65. The lowest BCUT2D eigenvalue weighted by Gasteiger charge is -2.33. The molecule has 4 nitrogen and oxygen atoms in total. The first kappa shape index (κ1) is 11.8. The fraction of sp³-hybridized carbons (Fsp3) is 0.889. The van der Waals surface area contributed by atoms with Crippen LogP contribution in [0, 0.1) is 0 Å². The van der Waals surface area contributed by atoms with E-state index in [0.717, 1.165) is 19.5 Å². The molecule has 1 rings (SSSR count). The summed E-state index contributed by atoms with van der Waals surface area (Å²) < 4.78 is 18.5. The van der Waals surface area contributed by atoms with Gasteiger partial charge in [0.25, 0.3) is 0 Å². The van der Waals surface area contributed by atoms with Crippen molar-refractivity contribution in [1.82, 2.24) is 4.31 Å². The Kier molecular flexibility index (Phi) is 4.71. The van der Waals surface area contributed by atoms with Gasteiger partial charge in [0.2, 0.25) is 0 Å². The Hall–Kier alpha value is -0.260. The first-order valence-electron chi connectivity index (χ1n) is 4.96. The SMILES string of the molecule is CCC(=O)OCC(C)[S+]([O-])N1CCC1. The monoisotopic (exact) mass is 219 g/mol. The summed E-state index contributed by atoms with van der Waals surface area (Å²) in [7, 11) is 0. The van der Waals surface area contributed by atoms with Crippen LogP contribution in [0.25, 0.3) is 0 Å². The number of carbonyl (C=O) groups excluding carboxylic acids is 1. The summed E-state index contributed by atoms with van der Waals surface area (Å²) in [4.78, 5) is 10.9. The van der Waals surface area contributed by atoms with Crippen molar-refractivity contribution < 1.29 is 14.1 Å². The zero-order chi connectivity index (χ0) is 10.6. The van der Waals surface area contributed by atoms with Crippen molar-refractivity contribution in [2.45, 2.75) is 31.9 Å². The number of nitrogens with zero attached hydrogens (tertiary/aromatic N) is 1. The molecule has 0 aromatic rings. The van der Waals surface area contributed by atoms with E-state index >= 15 is 0 Å². The van der Waals surface area contributed by atoms with Gasteiger partial charge in [0.05, 0.1) is 0 Å². The summed E-state index contributed by atoms with van der Waals surface area (Å²) >= 11 is -0.985. The summed E-state index contributed by atoms with van der Waals surface area (Å²) in [6.45, 7) is 5.66. The van der Waals surface area contributed by atoms with Crippen molar-refractivity contribution >= 4 is 17.3 Å². The van der Waals surface area contributed by atoms with Gasteiger partial charge >= 0.3 is 5.97 Å². The van der Waals surface area contributed by atoms with Gasteiger partial charge < -0.3 is 9.29 Å². The van der Waals surface area contributed by atoms with Crippen LogP contribution in [0.2, 0.25) is 0 Å². The highest BCUT2D eigenvalue weighted by atomic mass is 32.2. The van der Waals surface area contributed by atoms with Crippen LogP contribution < -0.4 is 0 Å². The van der Waals surface area contributed by atoms with Gasteiger partial charge in [-0.15, -0.1) is 4.31 Å². The Balaban J connectivity index is 2.19. The first-order valence-corrected chi connectivity index (χ1v) is 6.13. The number of rotatable bonds is 5. The standard InChI is InChI=1S/C9H17NO3S/c1-3-9(11)13-7-8(2)14(12)10-5-4-6-10/h8H,3-7H2,1-2H3. The Morgan fingerprint density at radius 3 is 2.71 bits per heavy atom. The van der Waals surface area contributed by atoms with Crippen molar-refractivity contribution in [2.75, 3.05) is 19.7 Å². The fourth-order valence-corrected chi connectivity index (χ4v) is 2.40. The molecule has 0 bridgehead atoms. The Morgan fingerprint density at radius 1 is 1.64 bits per heavy atom. The summed E-state index contributed by atoms with van der Waals surface area (Å²) in [5.74, 6) is -0.225. The third-order valence-electron chi connectivity index (χ3n) is 2.18. The van der Waals surface area contributed by atoms with E-state index in [9.17, 15) is 9.35 Å². The van der Waals surface area contributed by atoms with Gasteiger partial charge in [-0.3, -0.25) is 4.79 Å². The minimum Gasteiger partial charge on any atom is -0.598 e. The van der Waals surface area contributed by atoms with Crippen molar-refractivity contribution in [3.63, 3.8) is 0 Å². The second-order valence-corrected chi connectivity index (χ2v) is 5.28. The van der Waals surface area contributed by atoms with Crippen LogP contribution in [0.1, 0.15) is 26.7 Å². The lowest BCUT2D eigenvalue weighted by atomic mass is 10.3. The molecule has 1 aliphatic rings. The smallest absolute Gasteiger partial charge is 0.305 e. The van der Waals surface area contributed by atoms with E-state index < -0.39 is 11.4 Å². The quantitative estimate of drug-likeness (QED) is 0.504. The molecule has 0 saturated carbocycles. The lowest BCUT2D eigenvalue weighted by Crippen LogP contribution is -2.47. The van der Waals surface area contributed by atoms with Gasteiger partial charge in [0.15, 0.2) is 5.25 Å². The molecular weight excluding hydrogens is 202 g/mol. The van der Waals surface area contributed by atoms with E-state index in [1.165, 1.54) is 0 Å². The van der Waals surface area contributed by atoms with Crippen molar-refractivity contribution in [1.29, 1.82) is 0 Å². The molecule has 2 atom stereocenters. The largest absolute Gasteiger partial charge is 0.598 e. The van der Waals surface area contributed by atoms with Gasteiger partial charge in [0, 0.05) is 30.9 Å². The molecule has 0 amide bonds. The zero-order valence-corrected chi connectivity index (χ0v) is 9.51. The number of carbonyl (C=O) groups is 1. The third-order valence-corrected chi connectivity index (χ3v) is 3.88. The second kappa shape index (κ2) is 5.58. The van der Waals surface area contributed by atoms with Crippen LogP contribution in [-0.4, -0.2) is 39.8 Å². The van der Waals surface area contributed by atoms with Crippen molar-refractivity contribution in [2.24, 2.45) is 0 Å². The van der Waals surface area contributed by atoms with E-state index in [4.69, 9.17) is 4.74 Å². The van der Waals surface area contributed by atoms with Crippen molar-refractivity contribution in [3.05, 3.63) is 0 Å². The van der Waals surface area contributed by atoms with Crippen molar-refractivity contribution in [3.8, 4) is 0 Å². The Morgan fingerprint density at radius 2 is 2.29 bits per heavy atom. The molecule has 0 aromatic carbocycles. The van der Waals surface area contributed by atoms with Gasteiger partial charge in [-0.05, 0) is 13.3 Å².